The minimum Gasteiger partial charge on any atom is -0.326 e. The van der Waals surface area contributed by atoms with Gasteiger partial charge in [0.15, 0.2) is 0 Å². The maximum Gasteiger partial charge on any atom is 0.261 e. The van der Waals surface area contributed by atoms with Gasteiger partial charge in [0.1, 0.15) is 0 Å². The number of imide groups is 1. The molecule has 1 aliphatic heterocycles. The van der Waals surface area contributed by atoms with Crippen LogP contribution in [0.15, 0.2) is 18.2 Å². The zero-order valence-corrected chi connectivity index (χ0v) is 14.3. The fourth-order valence-corrected chi connectivity index (χ4v) is 3.45. The van der Waals surface area contributed by atoms with E-state index in [-0.39, 0.29) is 23.6 Å². The van der Waals surface area contributed by atoms with Crippen LogP contribution in [0.1, 0.15) is 66.7 Å². The fraction of sp³-hybridized carbons (Fsp3) is 0.526. The molecule has 1 aromatic carbocycles. The van der Waals surface area contributed by atoms with Gasteiger partial charge < -0.3 is 5.32 Å². The van der Waals surface area contributed by atoms with Crippen LogP contribution >= 0.6 is 0 Å². The molecule has 1 saturated carbocycles. The zero-order valence-electron chi connectivity index (χ0n) is 14.3. The normalized spacial score (nSPS) is 18.2. The average molecular weight is 328 g/mol. The first-order valence-corrected chi connectivity index (χ1v) is 8.78. The molecular formula is C19H24N2O3. The van der Waals surface area contributed by atoms with Gasteiger partial charge in [-0.1, -0.05) is 33.1 Å². The van der Waals surface area contributed by atoms with Gasteiger partial charge in [-0.25, -0.2) is 0 Å². The highest BCUT2D eigenvalue weighted by Gasteiger charge is 2.37. The third-order valence-electron chi connectivity index (χ3n) is 4.93. The molecule has 24 heavy (non-hydrogen) atoms. The molecular weight excluding hydrogens is 304 g/mol. The van der Waals surface area contributed by atoms with E-state index in [2.05, 4.69) is 5.32 Å². The van der Waals surface area contributed by atoms with Crippen molar-refractivity contribution in [2.24, 2.45) is 11.8 Å². The van der Waals surface area contributed by atoms with Gasteiger partial charge in [0.2, 0.25) is 5.91 Å². The highest BCUT2D eigenvalue weighted by atomic mass is 16.2. The summed E-state index contributed by atoms with van der Waals surface area (Å²) in [5.74, 6) is -0.270. The Bertz CT molecular complexity index is 675. The van der Waals surface area contributed by atoms with Gasteiger partial charge in [0, 0.05) is 18.2 Å². The van der Waals surface area contributed by atoms with Crippen molar-refractivity contribution in [3.8, 4) is 0 Å². The number of carbonyl (C=O) groups excluding carboxylic acids is 3. The number of nitrogens with zero attached hydrogens (tertiary/aromatic N) is 1. The van der Waals surface area contributed by atoms with Crippen molar-refractivity contribution < 1.29 is 14.4 Å². The van der Waals surface area contributed by atoms with E-state index in [1.54, 1.807) is 18.2 Å². The summed E-state index contributed by atoms with van der Waals surface area (Å²) in [6.45, 7) is 4.13. The van der Waals surface area contributed by atoms with E-state index in [0.29, 0.717) is 29.3 Å². The first-order valence-electron chi connectivity index (χ1n) is 8.78. The van der Waals surface area contributed by atoms with E-state index >= 15 is 0 Å². The number of fused-ring (bicyclic) bond motifs is 1. The molecule has 1 N–H and O–H groups in total. The molecule has 0 atom stereocenters. The summed E-state index contributed by atoms with van der Waals surface area (Å²) >= 11 is 0. The Morgan fingerprint density at radius 2 is 1.79 bits per heavy atom. The molecule has 1 aromatic rings. The van der Waals surface area contributed by atoms with Gasteiger partial charge in [-0.15, -0.1) is 0 Å². The average Bonchev–Trinajstić information content (AvgIpc) is 2.80. The fourth-order valence-electron chi connectivity index (χ4n) is 3.45. The summed E-state index contributed by atoms with van der Waals surface area (Å²) in [4.78, 5) is 38.4. The number of hydrogen-bond donors (Lipinski definition) is 1. The standard InChI is InChI=1S/C19H24N2O3/c1-12(2)17(22)20-14-8-9-15-16(10-14)19(24)21(18(15)23)11-13-6-4-3-5-7-13/h8-10,12-13H,3-7,11H2,1-2H3,(H,20,22). The molecule has 0 radical (unpaired) electrons. The van der Waals surface area contributed by atoms with Gasteiger partial charge in [0.25, 0.3) is 11.8 Å². The van der Waals surface area contributed by atoms with Crippen LogP contribution in [0.2, 0.25) is 0 Å². The quantitative estimate of drug-likeness (QED) is 0.861. The van der Waals surface area contributed by atoms with Crippen molar-refractivity contribution in [1.29, 1.82) is 0 Å². The SMILES string of the molecule is CC(C)C(=O)Nc1ccc2c(c1)C(=O)N(CC1CCCCC1)C2=O. The lowest BCUT2D eigenvalue weighted by Gasteiger charge is -2.25. The van der Waals surface area contributed by atoms with Crippen LogP contribution in [0.5, 0.6) is 0 Å². The monoisotopic (exact) mass is 328 g/mol. The summed E-state index contributed by atoms with van der Waals surface area (Å²) < 4.78 is 0. The van der Waals surface area contributed by atoms with E-state index < -0.39 is 0 Å². The summed E-state index contributed by atoms with van der Waals surface area (Å²) in [5, 5.41) is 2.78. The van der Waals surface area contributed by atoms with E-state index in [9.17, 15) is 14.4 Å². The van der Waals surface area contributed by atoms with Crippen LogP contribution in [-0.2, 0) is 4.79 Å². The van der Waals surface area contributed by atoms with E-state index in [1.807, 2.05) is 13.8 Å². The Kier molecular flexibility index (Phi) is 4.69. The third-order valence-corrected chi connectivity index (χ3v) is 4.93. The van der Waals surface area contributed by atoms with Crippen LogP contribution in [0, 0.1) is 11.8 Å². The van der Waals surface area contributed by atoms with Gasteiger partial charge >= 0.3 is 0 Å². The van der Waals surface area contributed by atoms with Gasteiger partial charge in [-0.2, -0.15) is 0 Å². The number of anilines is 1. The smallest absolute Gasteiger partial charge is 0.261 e. The summed E-state index contributed by atoms with van der Waals surface area (Å²) in [7, 11) is 0. The molecule has 1 fully saturated rings. The number of rotatable bonds is 4. The molecule has 128 valence electrons. The van der Waals surface area contributed by atoms with Crippen molar-refractivity contribution >= 4 is 23.4 Å². The van der Waals surface area contributed by atoms with Crippen LogP contribution < -0.4 is 5.32 Å². The maximum atomic E-state index is 12.6. The highest BCUT2D eigenvalue weighted by Crippen LogP contribution is 2.30. The van der Waals surface area contributed by atoms with Crippen molar-refractivity contribution in [3.05, 3.63) is 29.3 Å². The second-order valence-corrected chi connectivity index (χ2v) is 7.13. The largest absolute Gasteiger partial charge is 0.326 e. The lowest BCUT2D eigenvalue weighted by Crippen LogP contribution is -2.35. The second-order valence-electron chi connectivity index (χ2n) is 7.13. The van der Waals surface area contributed by atoms with E-state index in [1.165, 1.54) is 24.2 Å². The number of benzene rings is 1. The maximum absolute atomic E-state index is 12.6. The van der Waals surface area contributed by atoms with E-state index in [4.69, 9.17) is 0 Å². The first kappa shape index (κ1) is 16.7. The summed E-state index contributed by atoms with van der Waals surface area (Å²) in [5.41, 5.74) is 1.41. The Balaban J connectivity index is 1.76. The second kappa shape index (κ2) is 6.75. The summed E-state index contributed by atoms with van der Waals surface area (Å²) in [6.07, 6.45) is 5.78. The lowest BCUT2D eigenvalue weighted by molar-refractivity contribution is -0.118. The molecule has 5 nitrogen and oxygen atoms in total. The molecule has 3 amide bonds. The Hall–Kier alpha value is -2.17. The third kappa shape index (κ3) is 3.21. The molecule has 1 aliphatic carbocycles. The van der Waals surface area contributed by atoms with Crippen LogP contribution in [0.25, 0.3) is 0 Å². The molecule has 0 bridgehead atoms. The zero-order chi connectivity index (χ0) is 17.3. The number of amides is 3. The van der Waals surface area contributed by atoms with E-state index in [0.717, 1.165) is 12.8 Å². The van der Waals surface area contributed by atoms with Crippen molar-refractivity contribution in [3.63, 3.8) is 0 Å². The number of nitrogens with one attached hydrogen (secondary N) is 1. The molecule has 0 aromatic heterocycles. The topological polar surface area (TPSA) is 66.5 Å². The van der Waals surface area contributed by atoms with Crippen molar-refractivity contribution in [2.45, 2.75) is 46.0 Å². The molecule has 0 saturated heterocycles. The highest BCUT2D eigenvalue weighted by molar-refractivity contribution is 6.21. The molecule has 3 rings (SSSR count). The van der Waals surface area contributed by atoms with Crippen molar-refractivity contribution in [2.75, 3.05) is 11.9 Å². The Morgan fingerprint density at radius 1 is 1.12 bits per heavy atom. The predicted octanol–water partition coefficient (Wildman–Crippen LogP) is 3.46. The van der Waals surface area contributed by atoms with Gasteiger partial charge in [-0.3, -0.25) is 19.3 Å². The number of carbonyl (C=O) groups is 3. The first-order chi connectivity index (χ1) is 11.5. The number of hydrogen-bond acceptors (Lipinski definition) is 3. The molecule has 0 unspecified atom stereocenters. The van der Waals surface area contributed by atoms with Gasteiger partial charge in [-0.05, 0) is 37.0 Å². The predicted molar refractivity (Wildman–Crippen MR) is 91.9 cm³/mol. The van der Waals surface area contributed by atoms with Gasteiger partial charge in [0.05, 0.1) is 11.1 Å². The Morgan fingerprint density at radius 3 is 2.46 bits per heavy atom. The van der Waals surface area contributed by atoms with Crippen LogP contribution in [-0.4, -0.2) is 29.2 Å². The molecule has 5 heteroatoms. The van der Waals surface area contributed by atoms with Crippen LogP contribution in [0.3, 0.4) is 0 Å². The minimum atomic E-state index is -0.235. The van der Waals surface area contributed by atoms with Crippen LogP contribution in [0.4, 0.5) is 5.69 Å². The molecule has 2 aliphatic rings. The molecule has 1 heterocycles. The lowest BCUT2D eigenvalue weighted by atomic mass is 9.89. The van der Waals surface area contributed by atoms with Crippen molar-refractivity contribution in [1.82, 2.24) is 4.90 Å². The Labute approximate surface area is 142 Å². The summed E-state index contributed by atoms with van der Waals surface area (Å²) in [6, 6.07) is 4.96. The minimum absolute atomic E-state index is 0.106. The molecule has 0 spiro atoms.